The van der Waals surface area contributed by atoms with Gasteiger partial charge >= 0.3 is 5.97 Å². The van der Waals surface area contributed by atoms with Crippen molar-refractivity contribution in [1.29, 1.82) is 0 Å². The number of hydrogen-bond acceptors (Lipinski definition) is 7. The highest BCUT2D eigenvalue weighted by atomic mass is 32.2. The Balaban J connectivity index is 1.89. The third-order valence-corrected chi connectivity index (χ3v) is 4.96. The van der Waals surface area contributed by atoms with E-state index in [4.69, 9.17) is 9.47 Å². The number of esters is 1. The lowest BCUT2D eigenvalue weighted by Crippen LogP contribution is -2.12. The molecule has 0 radical (unpaired) electrons. The maximum Gasteiger partial charge on any atom is 0.333 e. The fraction of sp³-hybridized carbons (Fsp3) is 0.353. The molecule has 0 bridgehead atoms. The number of methoxy groups -OCH3 is 1. The van der Waals surface area contributed by atoms with Gasteiger partial charge in [0.15, 0.2) is 4.34 Å². The van der Waals surface area contributed by atoms with E-state index in [1.165, 1.54) is 11.9 Å². The summed E-state index contributed by atoms with van der Waals surface area (Å²) < 4.78 is 16.7. The van der Waals surface area contributed by atoms with E-state index in [-0.39, 0.29) is 12.1 Å². The second-order valence-electron chi connectivity index (χ2n) is 4.91. The van der Waals surface area contributed by atoms with E-state index in [1.54, 1.807) is 44.6 Å². The Morgan fingerprint density at radius 3 is 2.96 bits per heavy atom. The van der Waals surface area contributed by atoms with Crippen LogP contribution in [0.2, 0.25) is 0 Å². The van der Waals surface area contributed by atoms with Crippen LogP contribution in [0, 0.1) is 0 Å². The molecule has 1 aromatic heterocycles. The number of benzene rings is 1. The van der Waals surface area contributed by atoms with Crippen molar-refractivity contribution in [3.8, 4) is 0 Å². The van der Waals surface area contributed by atoms with Gasteiger partial charge in [-0.05, 0) is 32.1 Å². The second kappa shape index (κ2) is 9.56. The first kappa shape index (κ1) is 18.6. The van der Waals surface area contributed by atoms with Crippen molar-refractivity contribution in [2.75, 3.05) is 13.7 Å². The van der Waals surface area contributed by atoms with Crippen molar-refractivity contribution in [3.05, 3.63) is 35.9 Å². The van der Waals surface area contributed by atoms with Gasteiger partial charge < -0.3 is 9.47 Å². The fourth-order valence-electron chi connectivity index (χ4n) is 1.94. The number of rotatable bonds is 8. The fourth-order valence-corrected chi connectivity index (χ4v) is 3.58. The molecule has 0 aliphatic heterocycles. The Morgan fingerprint density at radius 1 is 1.46 bits per heavy atom. The summed E-state index contributed by atoms with van der Waals surface area (Å²) in [6.07, 6.45) is 3.89. The molecule has 128 valence electrons. The summed E-state index contributed by atoms with van der Waals surface area (Å²) in [6.45, 7) is 3.86. The van der Waals surface area contributed by atoms with Crippen LogP contribution in [0.1, 0.15) is 20.3 Å². The predicted octanol–water partition coefficient (Wildman–Crippen LogP) is 4.29. The molecule has 0 saturated carbocycles. The topological polar surface area (TPSA) is 60.8 Å². The molecule has 5 nitrogen and oxygen atoms in total. The van der Waals surface area contributed by atoms with E-state index >= 15 is 0 Å². The van der Waals surface area contributed by atoms with Crippen molar-refractivity contribution >= 4 is 45.7 Å². The highest BCUT2D eigenvalue weighted by Crippen LogP contribution is 2.29. The molecule has 2 rings (SSSR count). The molecule has 1 heterocycles. The summed E-state index contributed by atoms with van der Waals surface area (Å²) in [5, 5.41) is 0. The predicted molar refractivity (Wildman–Crippen MR) is 99.8 cm³/mol. The largest absolute Gasteiger partial charge is 0.463 e. The third-order valence-electron chi connectivity index (χ3n) is 3.15. The zero-order chi connectivity index (χ0) is 17.4. The quantitative estimate of drug-likeness (QED) is 0.303. The number of carbonyl (C=O) groups is 1. The third kappa shape index (κ3) is 5.43. The number of fused-ring (bicyclic) bond motifs is 1. The highest BCUT2D eigenvalue weighted by Gasteiger charge is 2.09. The Kier molecular flexibility index (Phi) is 7.42. The van der Waals surface area contributed by atoms with Gasteiger partial charge in [-0.25, -0.2) is 14.2 Å². The lowest BCUT2D eigenvalue weighted by molar-refractivity contribution is -0.138. The summed E-state index contributed by atoms with van der Waals surface area (Å²) in [5.74, 6) is -0.319. The number of thiazole rings is 1. The van der Waals surface area contributed by atoms with Gasteiger partial charge in [0, 0.05) is 37.3 Å². The Hall–Kier alpha value is -1.70. The molecule has 0 amide bonds. The van der Waals surface area contributed by atoms with Gasteiger partial charge in [0.1, 0.15) is 0 Å². The van der Waals surface area contributed by atoms with Crippen LogP contribution in [-0.4, -0.2) is 37.0 Å². The number of nitrogens with zero attached hydrogens (tertiary/aromatic N) is 2. The Bertz CT molecular complexity index is 707. The normalized spacial score (nSPS) is 13.5. The summed E-state index contributed by atoms with van der Waals surface area (Å²) in [5.41, 5.74) is 1.53. The van der Waals surface area contributed by atoms with Crippen LogP contribution < -0.4 is 0 Å². The second-order valence-corrected chi connectivity index (χ2v) is 6.98. The molecule has 2 aromatic rings. The zero-order valence-corrected chi connectivity index (χ0v) is 15.5. The molecule has 0 aliphatic rings. The zero-order valence-electron chi connectivity index (χ0n) is 13.9. The molecule has 7 heteroatoms. The van der Waals surface area contributed by atoms with Gasteiger partial charge in [-0.15, -0.1) is 11.3 Å². The first-order valence-electron chi connectivity index (χ1n) is 7.56. The molecule has 24 heavy (non-hydrogen) atoms. The molecule has 0 N–H and O–H groups in total. The molecular weight excluding hydrogens is 344 g/mol. The molecule has 0 unspecified atom stereocenters. The molecule has 0 fully saturated rings. The van der Waals surface area contributed by atoms with Crippen LogP contribution in [0.15, 0.2) is 44.7 Å². The van der Waals surface area contributed by atoms with Gasteiger partial charge in [-0.1, -0.05) is 12.1 Å². The average molecular weight is 364 g/mol. The smallest absolute Gasteiger partial charge is 0.333 e. The molecular formula is C17H20N2O3S2. The molecule has 0 aliphatic carbocycles. The highest BCUT2D eigenvalue weighted by molar-refractivity contribution is 8.00. The van der Waals surface area contributed by atoms with Crippen LogP contribution in [0.25, 0.3) is 10.2 Å². The van der Waals surface area contributed by atoms with Gasteiger partial charge in [0.05, 0.1) is 22.9 Å². The number of hydrogen-bond donors (Lipinski definition) is 0. The summed E-state index contributed by atoms with van der Waals surface area (Å²) in [4.78, 5) is 16.1. The van der Waals surface area contributed by atoms with Crippen molar-refractivity contribution in [2.24, 2.45) is 4.40 Å². The monoisotopic (exact) mass is 364 g/mol. The molecule has 1 atom stereocenters. The first-order valence-corrected chi connectivity index (χ1v) is 9.15. The standard InChI is InChI=1S/C17H20N2O3S2/c1-4-22-16(20)12(2)11-13(21-3)9-10-18-24-17-19-14-7-5-6-8-15(14)23-17/h5-8,10-11,13H,4,9H2,1-3H3/b12-11+,18-10+/t13-/m0/s1. The van der Waals surface area contributed by atoms with E-state index in [9.17, 15) is 4.79 Å². The van der Waals surface area contributed by atoms with Crippen LogP contribution in [0.3, 0.4) is 0 Å². The van der Waals surface area contributed by atoms with Crippen LogP contribution in [0.5, 0.6) is 0 Å². The van der Waals surface area contributed by atoms with Crippen molar-refractivity contribution in [3.63, 3.8) is 0 Å². The molecule has 1 aromatic carbocycles. The lowest BCUT2D eigenvalue weighted by atomic mass is 10.2. The van der Waals surface area contributed by atoms with Crippen molar-refractivity contribution in [1.82, 2.24) is 4.98 Å². The minimum atomic E-state index is -0.319. The number of ether oxygens (including phenoxy) is 2. The van der Waals surface area contributed by atoms with Gasteiger partial charge in [-0.2, -0.15) is 0 Å². The molecule has 0 saturated heterocycles. The minimum Gasteiger partial charge on any atom is -0.463 e. The number of carbonyl (C=O) groups excluding carboxylic acids is 1. The summed E-state index contributed by atoms with van der Waals surface area (Å²) in [6, 6.07) is 8.01. The lowest BCUT2D eigenvalue weighted by Gasteiger charge is -2.09. The SMILES string of the molecule is CCOC(=O)/C(C)=C/[C@H](C/C=N/Sc1nc2ccccc2s1)OC. The van der Waals surface area contributed by atoms with Crippen LogP contribution in [-0.2, 0) is 14.3 Å². The molecule has 0 spiro atoms. The Labute approximate surface area is 149 Å². The minimum absolute atomic E-state index is 0.214. The van der Waals surface area contributed by atoms with Gasteiger partial charge in [0.2, 0.25) is 0 Å². The first-order chi connectivity index (χ1) is 11.6. The maximum atomic E-state index is 11.6. The summed E-state index contributed by atoms with van der Waals surface area (Å²) in [7, 11) is 1.61. The summed E-state index contributed by atoms with van der Waals surface area (Å²) >= 11 is 2.96. The van der Waals surface area contributed by atoms with E-state index in [0.717, 1.165) is 14.6 Å². The van der Waals surface area contributed by atoms with Gasteiger partial charge in [-0.3, -0.25) is 0 Å². The van der Waals surface area contributed by atoms with E-state index < -0.39 is 0 Å². The number of para-hydroxylation sites is 1. The van der Waals surface area contributed by atoms with Crippen molar-refractivity contribution < 1.29 is 14.3 Å². The van der Waals surface area contributed by atoms with Crippen molar-refractivity contribution in [2.45, 2.75) is 30.7 Å². The van der Waals surface area contributed by atoms with Gasteiger partial charge in [0.25, 0.3) is 0 Å². The number of aromatic nitrogens is 1. The van der Waals surface area contributed by atoms with Crippen LogP contribution in [0.4, 0.5) is 0 Å². The van der Waals surface area contributed by atoms with E-state index in [1.807, 2.05) is 24.3 Å². The average Bonchev–Trinajstić information content (AvgIpc) is 3.00. The Morgan fingerprint density at radius 2 is 2.25 bits per heavy atom. The van der Waals surface area contributed by atoms with Crippen LogP contribution >= 0.6 is 23.3 Å². The maximum absolute atomic E-state index is 11.6. The van der Waals surface area contributed by atoms with E-state index in [0.29, 0.717) is 18.6 Å². The van der Waals surface area contributed by atoms with E-state index in [2.05, 4.69) is 9.38 Å².